The van der Waals surface area contributed by atoms with Gasteiger partial charge < -0.3 is 14.2 Å². The Labute approximate surface area is 355 Å². The Hall–Kier alpha value is -1.59. The van der Waals surface area contributed by atoms with Crippen LogP contribution in [-0.2, 0) is 28.6 Å². The van der Waals surface area contributed by atoms with E-state index in [2.05, 4.69) is 41.5 Å². The number of hydrogen-bond acceptors (Lipinski definition) is 6. The lowest BCUT2D eigenvalue weighted by Gasteiger charge is -2.18. The third-order valence-electron chi connectivity index (χ3n) is 11.4. The van der Waals surface area contributed by atoms with E-state index < -0.39 is 6.10 Å². The molecular weight excluding hydrogens is 709 g/mol. The average Bonchev–Trinajstić information content (AvgIpc) is 3.16. The predicted octanol–water partition coefficient (Wildman–Crippen LogP) is 16.0. The number of rotatable bonds is 44. The zero-order valence-corrected chi connectivity index (χ0v) is 39.1. The first-order valence-electron chi connectivity index (χ1n) is 25.1. The third-order valence-corrected chi connectivity index (χ3v) is 11.4. The fraction of sp³-hybridized carbons (Fsp3) is 0.941. The highest BCUT2D eigenvalue weighted by Gasteiger charge is 2.19. The van der Waals surface area contributed by atoms with Gasteiger partial charge in [0.1, 0.15) is 13.2 Å². The molecule has 0 saturated carbocycles. The van der Waals surface area contributed by atoms with E-state index in [-0.39, 0.29) is 31.1 Å². The van der Waals surface area contributed by atoms with Gasteiger partial charge in [0.05, 0.1) is 0 Å². The molecule has 6 nitrogen and oxygen atoms in total. The van der Waals surface area contributed by atoms with Crippen LogP contribution in [0.5, 0.6) is 0 Å². The molecule has 0 saturated heterocycles. The molecule has 0 aromatic rings. The molecule has 0 aromatic carbocycles. The van der Waals surface area contributed by atoms with Crippen LogP contribution in [0, 0.1) is 17.8 Å². The first-order valence-corrected chi connectivity index (χ1v) is 25.1. The fourth-order valence-corrected chi connectivity index (χ4v) is 7.59. The van der Waals surface area contributed by atoms with Crippen molar-refractivity contribution >= 4 is 17.9 Å². The minimum absolute atomic E-state index is 0.0658. The molecule has 0 aliphatic heterocycles. The summed E-state index contributed by atoms with van der Waals surface area (Å²) in [4.78, 5) is 37.8. The van der Waals surface area contributed by atoms with Crippen molar-refractivity contribution in [1.82, 2.24) is 0 Å². The van der Waals surface area contributed by atoms with E-state index in [0.29, 0.717) is 19.3 Å². The minimum atomic E-state index is -0.762. The smallest absolute Gasteiger partial charge is 0.306 e. The Morgan fingerprint density at radius 1 is 0.298 bits per heavy atom. The van der Waals surface area contributed by atoms with Crippen LogP contribution < -0.4 is 0 Å². The Kier molecular flexibility index (Phi) is 41.3. The summed E-state index contributed by atoms with van der Waals surface area (Å²) >= 11 is 0. The molecule has 0 unspecified atom stereocenters. The Bertz CT molecular complexity index is 883. The molecule has 0 aliphatic rings. The van der Waals surface area contributed by atoms with Crippen molar-refractivity contribution in [2.75, 3.05) is 13.2 Å². The standard InChI is InChI=1S/C51H98O6/c1-45(2)37-31-25-19-14-12-10-8-7-9-11-13-15-22-28-34-40-49(52)55-43-48(57-51(54)42-36-30-24-18-21-27-33-39-47(5)6)44-56-50(53)41-35-29-23-17-16-20-26-32-38-46(3)4/h45-48H,7-44H2,1-6H3/t48-/m1/s1. The first-order chi connectivity index (χ1) is 27.6. The Balaban J connectivity index is 4.24. The first kappa shape index (κ1) is 55.4. The van der Waals surface area contributed by atoms with Gasteiger partial charge in [-0.25, -0.2) is 0 Å². The molecule has 0 fully saturated rings. The highest BCUT2D eigenvalue weighted by molar-refractivity contribution is 5.71. The number of esters is 3. The molecule has 1 atom stereocenters. The lowest BCUT2D eigenvalue weighted by Crippen LogP contribution is -2.30. The van der Waals surface area contributed by atoms with E-state index in [1.54, 1.807) is 0 Å². The van der Waals surface area contributed by atoms with Crippen LogP contribution in [0.25, 0.3) is 0 Å². The Morgan fingerprint density at radius 2 is 0.509 bits per heavy atom. The number of hydrogen-bond donors (Lipinski definition) is 0. The second-order valence-corrected chi connectivity index (χ2v) is 18.9. The predicted molar refractivity (Wildman–Crippen MR) is 243 cm³/mol. The summed E-state index contributed by atoms with van der Waals surface area (Å²) in [6, 6.07) is 0. The SMILES string of the molecule is CC(C)CCCCCCCCCCCCCCCCCC(=O)OC[C@H](COC(=O)CCCCCCCCCCC(C)C)OC(=O)CCCCCCCCCC(C)C. The molecule has 0 N–H and O–H groups in total. The second kappa shape index (κ2) is 42.5. The van der Waals surface area contributed by atoms with E-state index in [0.717, 1.165) is 75.5 Å². The topological polar surface area (TPSA) is 78.9 Å². The van der Waals surface area contributed by atoms with Crippen LogP contribution in [0.4, 0.5) is 0 Å². The molecule has 0 radical (unpaired) electrons. The molecule has 0 spiro atoms. The Morgan fingerprint density at radius 3 is 0.754 bits per heavy atom. The van der Waals surface area contributed by atoms with Crippen molar-refractivity contribution in [3.05, 3.63) is 0 Å². The van der Waals surface area contributed by atoms with Crippen LogP contribution in [0.2, 0.25) is 0 Å². The lowest BCUT2D eigenvalue weighted by atomic mass is 10.0. The minimum Gasteiger partial charge on any atom is -0.462 e. The van der Waals surface area contributed by atoms with E-state index in [1.807, 2.05) is 0 Å². The molecule has 0 aromatic heterocycles. The van der Waals surface area contributed by atoms with Crippen LogP contribution in [0.15, 0.2) is 0 Å². The maximum atomic E-state index is 12.7. The molecule has 57 heavy (non-hydrogen) atoms. The van der Waals surface area contributed by atoms with Gasteiger partial charge in [0.2, 0.25) is 0 Å². The summed E-state index contributed by atoms with van der Waals surface area (Å²) in [6.45, 7) is 13.6. The third kappa shape index (κ3) is 45.3. The summed E-state index contributed by atoms with van der Waals surface area (Å²) < 4.78 is 16.8. The van der Waals surface area contributed by atoms with Gasteiger partial charge in [0, 0.05) is 19.3 Å². The maximum absolute atomic E-state index is 12.7. The molecule has 6 heteroatoms. The van der Waals surface area contributed by atoms with E-state index in [1.165, 1.54) is 154 Å². The number of carbonyl (C=O) groups excluding carboxylic acids is 3. The van der Waals surface area contributed by atoms with Gasteiger partial charge in [0.15, 0.2) is 6.10 Å². The highest BCUT2D eigenvalue weighted by Crippen LogP contribution is 2.17. The molecular formula is C51H98O6. The summed E-state index contributed by atoms with van der Waals surface area (Å²) in [7, 11) is 0. The maximum Gasteiger partial charge on any atom is 0.306 e. The van der Waals surface area contributed by atoms with Gasteiger partial charge in [-0.2, -0.15) is 0 Å². The summed E-state index contributed by atoms with van der Waals surface area (Å²) in [5.41, 5.74) is 0. The fourth-order valence-electron chi connectivity index (χ4n) is 7.59. The number of unbranched alkanes of at least 4 members (excludes halogenated alkanes) is 27. The van der Waals surface area contributed by atoms with Crippen LogP contribution >= 0.6 is 0 Å². The van der Waals surface area contributed by atoms with E-state index in [9.17, 15) is 14.4 Å². The van der Waals surface area contributed by atoms with Crippen LogP contribution in [0.1, 0.15) is 273 Å². The average molecular weight is 807 g/mol. The lowest BCUT2D eigenvalue weighted by molar-refractivity contribution is -0.167. The second-order valence-electron chi connectivity index (χ2n) is 18.9. The van der Waals surface area contributed by atoms with Crippen molar-refractivity contribution in [1.29, 1.82) is 0 Å². The van der Waals surface area contributed by atoms with Gasteiger partial charge >= 0.3 is 17.9 Å². The largest absolute Gasteiger partial charge is 0.462 e. The van der Waals surface area contributed by atoms with Crippen LogP contribution in [-0.4, -0.2) is 37.2 Å². The molecule has 0 aliphatic carbocycles. The van der Waals surface area contributed by atoms with Crippen molar-refractivity contribution in [3.8, 4) is 0 Å². The summed E-state index contributed by atoms with van der Waals surface area (Å²) in [5, 5.41) is 0. The zero-order chi connectivity index (χ0) is 42.0. The van der Waals surface area contributed by atoms with Gasteiger partial charge in [-0.05, 0) is 37.0 Å². The summed E-state index contributed by atoms with van der Waals surface area (Å²) in [6.07, 6.45) is 41.1. The molecule has 0 heterocycles. The number of ether oxygens (including phenoxy) is 3. The normalized spacial score (nSPS) is 12.2. The molecule has 0 bridgehead atoms. The summed E-state index contributed by atoms with van der Waals surface area (Å²) in [5.74, 6) is 1.56. The van der Waals surface area contributed by atoms with Gasteiger partial charge in [0.25, 0.3) is 0 Å². The van der Waals surface area contributed by atoms with Crippen molar-refractivity contribution in [3.63, 3.8) is 0 Å². The van der Waals surface area contributed by atoms with Crippen molar-refractivity contribution < 1.29 is 28.6 Å². The van der Waals surface area contributed by atoms with E-state index >= 15 is 0 Å². The molecule has 0 amide bonds. The monoisotopic (exact) mass is 807 g/mol. The molecule has 0 rings (SSSR count). The van der Waals surface area contributed by atoms with Gasteiger partial charge in [-0.1, -0.05) is 234 Å². The highest BCUT2D eigenvalue weighted by atomic mass is 16.6. The quantitative estimate of drug-likeness (QED) is 0.0347. The van der Waals surface area contributed by atoms with Crippen molar-refractivity contribution in [2.45, 2.75) is 279 Å². The van der Waals surface area contributed by atoms with E-state index in [4.69, 9.17) is 14.2 Å². The number of carbonyl (C=O) groups is 3. The van der Waals surface area contributed by atoms with Crippen LogP contribution in [0.3, 0.4) is 0 Å². The van der Waals surface area contributed by atoms with Crippen molar-refractivity contribution in [2.24, 2.45) is 17.8 Å². The molecule has 338 valence electrons. The van der Waals surface area contributed by atoms with Gasteiger partial charge in [-0.3, -0.25) is 14.4 Å². The zero-order valence-electron chi connectivity index (χ0n) is 39.1. The van der Waals surface area contributed by atoms with Gasteiger partial charge in [-0.15, -0.1) is 0 Å².